The van der Waals surface area contributed by atoms with E-state index in [-0.39, 0.29) is 17.9 Å². The Bertz CT molecular complexity index is 424. The van der Waals surface area contributed by atoms with Gasteiger partial charge in [0.15, 0.2) is 0 Å². The van der Waals surface area contributed by atoms with E-state index in [9.17, 15) is 4.79 Å². The van der Waals surface area contributed by atoms with Gasteiger partial charge in [0.2, 0.25) is 0 Å². The minimum Gasteiger partial charge on any atom is -0.377 e. The molecule has 1 aliphatic rings. The van der Waals surface area contributed by atoms with Gasteiger partial charge in [0.05, 0.1) is 24.9 Å². The van der Waals surface area contributed by atoms with Crippen LogP contribution in [0.15, 0.2) is 0 Å². The van der Waals surface area contributed by atoms with Crippen LogP contribution in [0.25, 0.3) is 0 Å². The van der Waals surface area contributed by atoms with Crippen molar-refractivity contribution in [2.45, 2.75) is 25.8 Å². The predicted octanol–water partition coefficient (Wildman–Crippen LogP) is 1.74. The van der Waals surface area contributed by atoms with E-state index in [1.165, 1.54) is 0 Å². The molecule has 2 rings (SSSR count). The molecule has 0 aromatic carbocycles. The first-order valence-corrected chi connectivity index (χ1v) is 7.22. The molecule has 7 heteroatoms. The Kier molecular flexibility index (Phi) is 4.53. The first kappa shape index (κ1) is 13.7. The van der Waals surface area contributed by atoms with Gasteiger partial charge < -0.3 is 9.64 Å². The van der Waals surface area contributed by atoms with Crippen molar-refractivity contribution in [3.05, 3.63) is 10.6 Å². The molecular formula is C11H16ClN3O2S. The van der Waals surface area contributed by atoms with Gasteiger partial charge in [-0.05, 0) is 17.5 Å². The monoisotopic (exact) mass is 289 g/mol. The highest BCUT2D eigenvalue weighted by Crippen LogP contribution is 2.23. The molecule has 100 valence electrons. The van der Waals surface area contributed by atoms with E-state index in [0.717, 1.165) is 17.2 Å². The summed E-state index contributed by atoms with van der Waals surface area (Å²) in [6, 6.07) is -0.0602. The van der Waals surface area contributed by atoms with Gasteiger partial charge in [-0.25, -0.2) is 0 Å². The minimum absolute atomic E-state index is 0.0253. The van der Waals surface area contributed by atoms with Gasteiger partial charge in [-0.2, -0.15) is 0 Å². The zero-order valence-corrected chi connectivity index (χ0v) is 12.0. The molecule has 2 heterocycles. The Morgan fingerprint density at radius 3 is 3.11 bits per heavy atom. The van der Waals surface area contributed by atoms with Crippen LogP contribution in [0.1, 0.15) is 35.1 Å². The highest BCUT2D eigenvalue weighted by atomic mass is 35.5. The molecule has 18 heavy (non-hydrogen) atoms. The van der Waals surface area contributed by atoms with Crippen LogP contribution in [0.4, 0.5) is 0 Å². The first-order chi connectivity index (χ1) is 8.65. The van der Waals surface area contributed by atoms with E-state index in [1.54, 1.807) is 4.90 Å². The molecule has 1 aliphatic heterocycles. The van der Waals surface area contributed by atoms with Crippen LogP contribution in [-0.2, 0) is 4.74 Å². The minimum atomic E-state index is -0.0602. The number of hydrogen-bond donors (Lipinski definition) is 0. The topological polar surface area (TPSA) is 55.3 Å². The Labute approximate surface area is 115 Å². The number of aromatic nitrogens is 2. The predicted molar refractivity (Wildman–Crippen MR) is 70.4 cm³/mol. The Morgan fingerprint density at radius 1 is 1.67 bits per heavy atom. The van der Waals surface area contributed by atoms with Crippen LogP contribution >= 0.6 is 23.1 Å². The van der Waals surface area contributed by atoms with Crippen molar-refractivity contribution >= 4 is 29.0 Å². The van der Waals surface area contributed by atoms with Crippen molar-refractivity contribution in [3.8, 4) is 0 Å². The number of alkyl halides is 1. The third kappa shape index (κ3) is 2.65. The van der Waals surface area contributed by atoms with Crippen LogP contribution in [0.3, 0.4) is 0 Å². The number of nitrogens with zero attached hydrogens (tertiary/aromatic N) is 3. The van der Waals surface area contributed by atoms with Crippen LogP contribution in [0.2, 0.25) is 0 Å². The van der Waals surface area contributed by atoms with Gasteiger partial charge in [0.1, 0.15) is 4.88 Å². The van der Waals surface area contributed by atoms with Crippen molar-refractivity contribution in [2.75, 3.05) is 25.6 Å². The zero-order chi connectivity index (χ0) is 13.1. The number of morpholine rings is 1. The number of hydrogen-bond acceptors (Lipinski definition) is 5. The summed E-state index contributed by atoms with van der Waals surface area (Å²) in [5.74, 6) is 0.551. The lowest BCUT2D eigenvalue weighted by Gasteiger charge is -2.34. The summed E-state index contributed by atoms with van der Waals surface area (Å²) in [6.07, 6.45) is 0. The summed E-state index contributed by atoms with van der Waals surface area (Å²) in [7, 11) is 0. The Hall–Kier alpha value is -0.720. The Morgan fingerprint density at radius 2 is 2.44 bits per heavy atom. The van der Waals surface area contributed by atoms with Gasteiger partial charge in [-0.15, -0.1) is 16.7 Å². The third-order valence-electron chi connectivity index (χ3n) is 2.92. The van der Waals surface area contributed by atoms with Crippen molar-refractivity contribution in [3.63, 3.8) is 0 Å². The molecule has 0 spiro atoms. The number of amides is 1. The summed E-state index contributed by atoms with van der Waals surface area (Å²) in [5.41, 5.74) is 0.768. The second-order valence-electron chi connectivity index (χ2n) is 4.52. The number of ether oxygens (including phenoxy) is 1. The molecule has 1 aromatic rings. The van der Waals surface area contributed by atoms with E-state index in [4.69, 9.17) is 16.3 Å². The summed E-state index contributed by atoms with van der Waals surface area (Å²) < 4.78 is 9.23. The summed E-state index contributed by atoms with van der Waals surface area (Å²) >= 11 is 7.04. The van der Waals surface area contributed by atoms with Crippen LogP contribution in [0, 0.1) is 0 Å². The average Bonchev–Trinajstić information content (AvgIpc) is 2.87. The lowest BCUT2D eigenvalue weighted by Crippen LogP contribution is -2.49. The second kappa shape index (κ2) is 5.95. The summed E-state index contributed by atoms with van der Waals surface area (Å²) in [6.45, 7) is 5.64. The van der Waals surface area contributed by atoms with Crippen molar-refractivity contribution in [2.24, 2.45) is 0 Å². The van der Waals surface area contributed by atoms with Crippen molar-refractivity contribution < 1.29 is 9.53 Å². The number of carbonyl (C=O) groups is 1. The largest absolute Gasteiger partial charge is 0.377 e. The molecule has 1 atom stereocenters. The molecule has 1 aromatic heterocycles. The molecule has 0 N–H and O–H groups in total. The molecular weight excluding hydrogens is 274 g/mol. The highest BCUT2D eigenvalue weighted by molar-refractivity contribution is 7.08. The van der Waals surface area contributed by atoms with Crippen molar-refractivity contribution in [1.29, 1.82) is 0 Å². The quantitative estimate of drug-likeness (QED) is 0.796. The summed E-state index contributed by atoms with van der Waals surface area (Å²) in [4.78, 5) is 14.9. The lowest BCUT2D eigenvalue weighted by atomic mass is 10.1. The second-order valence-corrected chi connectivity index (χ2v) is 5.59. The molecule has 1 amide bonds. The highest BCUT2D eigenvalue weighted by Gasteiger charge is 2.30. The standard InChI is InChI=1S/C11H16ClN3O2S/c1-7(2)9-10(18-14-13-9)11(16)15-3-4-17-6-8(15)5-12/h7-8H,3-6H2,1-2H3. The smallest absolute Gasteiger partial charge is 0.267 e. The fraction of sp³-hybridized carbons (Fsp3) is 0.727. The molecule has 0 aliphatic carbocycles. The maximum absolute atomic E-state index is 12.5. The Balaban J connectivity index is 2.21. The van der Waals surface area contributed by atoms with E-state index in [1.807, 2.05) is 13.8 Å². The average molecular weight is 290 g/mol. The molecule has 1 saturated heterocycles. The van der Waals surface area contributed by atoms with Gasteiger partial charge in [-0.3, -0.25) is 4.79 Å². The lowest BCUT2D eigenvalue weighted by molar-refractivity contribution is 0.00475. The molecule has 0 saturated carbocycles. The van der Waals surface area contributed by atoms with E-state index < -0.39 is 0 Å². The molecule has 5 nitrogen and oxygen atoms in total. The zero-order valence-electron chi connectivity index (χ0n) is 10.4. The van der Waals surface area contributed by atoms with E-state index in [0.29, 0.717) is 30.5 Å². The fourth-order valence-corrected chi connectivity index (χ4v) is 2.94. The molecule has 1 fully saturated rings. The van der Waals surface area contributed by atoms with E-state index >= 15 is 0 Å². The van der Waals surface area contributed by atoms with Gasteiger partial charge in [0.25, 0.3) is 5.91 Å². The third-order valence-corrected chi connectivity index (χ3v) is 4.01. The summed E-state index contributed by atoms with van der Waals surface area (Å²) in [5, 5.41) is 4.04. The maximum atomic E-state index is 12.5. The molecule has 0 radical (unpaired) electrons. The maximum Gasteiger partial charge on any atom is 0.267 e. The normalized spacial score (nSPS) is 20.4. The van der Waals surface area contributed by atoms with Crippen LogP contribution in [0.5, 0.6) is 0 Å². The number of carbonyl (C=O) groups excluding carboxylic acids is 1. The molecule has 0 bridgehead atoms. The first-order valence-electron chi connectivity index (χ1n) is 5.92. The van der Waals surface area contributed by atoms with Gasteiger partial charge in [-0.1, -0.05) is 18.3 Å². The van der Waals surface area contributed by atoms with Crippen LogP contribution < -0.4 is 0 Å². The van der Waals surface area contributed by atoms with E-state index in [2.05, 4.69) is 9.59 Å². The number of rotatable bonds is 3. The molecule has 1 unspecified atom stereocenters. The van der Waals surface area contributed by atoms with Gasteiger partial charge >= 0.3 is 0 Å². The van der Waals surface area contributed by atoms with Gasteiger partial charge in [0, 0.05) is 12.4 Å². The van der Waals surface area contributed by atoms with Crippen LogP contribution in [-0.4, -0.2) is 52.1 Å². The SMILES string of the molecule is CC(C)c1nnsc1C(=O)N1CCOCC1CCl. The fourth-order valence-electron chi connectivity index (χ4n) is 1.90. The van der Waals surface area contributed by atoms with Crippen molar-refractivity contribution in [1.82, 2.24) is 14.5 Å². The number of halogens is 1.